The van der Waals surface area contributed by atoms with Gasteiger partial charge in [-0.1, -0.05) is 0 Å². The molecule has 1 aromatic carbocycles. The monoisotopic (exact) mass is 458 g/mol. The van der Waals surface area contributed by atoms with E-state index in [-0.39, 0.29) is 16.7 Å². The highest BCUT2D eigenvalue weighted by Gasteiger charge is 2.37. The number of hydrogen-bond donors (Lipinski definition) is 1. The number of carbonyl (C=O) groups excluding carboxylic acids is 1. The molecular formula is C17H19BrN2O4S2. The number of nitrogens with zero attached hydrogens (tertiary/aromatic N) is 1. The van der Waals surface area contributed by atoms with Crippen LogP contribution in [0.3, 0.4) is 0 Å². The smallest absolute Gasteiger partial charge is 0.271 e. The third kappa shape index (κ3) is 3.60. The first-order chi connectivity index (χ1) is 12.1. The SMILES string of the molecule is CCN1C(=O)C(C)(C)COc2cc(NS(=O)(=O)c3ccc(Br)s3)ccc21. The number of fused-ring (bicyclic) bond motifs is 1. The molecule has 0 radical (unpaired) electrons. The third-order valence-electron chi connectivity index (χ3n) is 4.05. The summed E-state index contributed by atoms with van der Waals surface area (Å²) in [4.78, 5) is 14.4. The third-order valence-corrected chi connectivity index (χ3v) is 7.54. The number of sulfonamides is 1. The van der Waals surface area contributed by atoms with E-state index in [0.29, 0.717) is 23.7 Å². The molecule has 140 valence electrons. The molecule has 1 aliphatic heterocycles. The minimum Gasteiger partial charge on any atom is -0.490 e. The van der Waals surface area contributed by atoms with E-state index in [1.54, 1.807) is 29.2 Å². The van der Waals surface area contributed by atoms with Crippen LogP contribution in [0.4, 0.5) is 11.4 Å². The molecule has 0 unspecified atom stereocenters. The molecule has 0 aliphatic carbocycles. The highest BCUT2D eigenvalue weighted by Crippen LogP contribution is 2.38. The molecule has 9 heteroatoms. The van der Waals surface area contributed by atoms with E-state index in [4.69, 9.17) is 4.74 Å². The molecule has 0 atom stereocenters. The zero-order valence-electron chi connectivity index (χ0n) is 14.6. The molecule has 0 saturated heterocycles. The Morgan fingerprint density at radius 2 is 2.04 bits per heavy atom. The average Bonchev–Trinajstić information content (AvgIpc) is 2.98. The van der Waals surface area contributed by atoms with Crippen LogP contribution in [-0.2, 0) is 14.8 Å². The number of ether oxygens (including phenoxy) is 1. The lowest BCUT2D eigenvalue weighted by molar-refractivity contribution is -0.127. The van der Waals surface area contributed by atoms with Crippen molar-refractivity contribution in [3.05, 3.63) is 34.1 Å². The van der Waals surface area contributed by atoms with Gasteiger partial charge < -0.3 is 9.64 Å². The topological polar surface area (TPSA) is 75.7 Å². The maximum Gasteiger partial charge on any atom is 0.271 e. The summed E-state index contributed by atoms with van der Waals surface area (Å²) in [6.07, 6.45) is 0. The maximum absolute atomic E-state index is 12.7. The largest absolute Gasteiger partial charge is 0.490 e. The van der Waals surface area contributed by atoms with Crippen molar-refractivity contribution in [3.63, 3.8) is 0 Å². The van der Waals surface area contributed by atoms with Gasteiger partial charge in [-0.3, -0.25) is 9.52 Å². The Morgan fingerprint density at radius 1 is 1.31 bits per heavy atom. The first-order valence-electron chi connectivity index (χ1n) is 8.01. The van der Waals surface area contributed by atoms with E-state index in [1.165, 1.54) is 6.07 Å². The van der Waals surface area contributed by atoms with Crippen LogP contribution in [0.15, 0.2) is 38.3 Å². The highest BCUT2D eigenvalue weighted by atomic mass is 79.9. The van der Waals surface area contributed by atoms with Crippen LogP contribution in [0, 0.1) is 5.41 Å². The van der Waals surface area contributed by atoms with Gasteiger partial charge in [0.2, 0.25) is 5.91 Å². The van der Waals surface area contributed by atoms with Crippen LogP contribution in [0.25, 0.3) is 0 Å². The van der Waals surface area contributed by atoms with Gasteiger partial charge in [-0.2, -0.15) is 0 Å². The van der Waals surface area contributed by atoms with Gasteiger partial charge in [-0.05, 0) is 61.0 Å². The fourth-order valence-corrected chi connectivity index (χ4v) is 5.73. The van der Waals surface area contributed by atoms with Gasteiger partial charge in [-0.15, -0.1) is 11.3 Å². The van der Waals surface area contributed by atoms with Crippen molar-refractivity contribution in [2.45, 2.75) is 25.0 Å². The van der Waals surface area contributed by atoms with Crippen molar-refractivity contribution in [1.29, 1.82) is 0 Å². The fraction of sp³-hybridized carbons (Fsp3) is 0.353. The van der Waals surface area contributed by atoms with E-state index >= 15 is 0 Å². The van der Waals surface area contributed by atoms with Gasteiger partial charge in [0.1, 0.15) is 16.6 Å². The fourth-order valence-electron chi connectivity index (χ4n) is 2.67. The van der Waals surface area contributed by atoms with Gasteiger partial charge >= 0.3 is 0 Å². The minimum absolute atomic E-state index is 0.0180. The quantitative estimate of drug-likeness (QED) is 0.748. The van der Waals surface area contributed by atoms with Crippen LogP contribution in [0.2, 0.25) is 0 Å². The average molecular weight is 459 g/mol. The number of amides is 1. The zero-order chi connectivity index (χ0) is 19.1. The number of rotatable bonds is 4. The number of hydrogen-bond acceptors (Lipinski definition) is 5. The highest BCUT2D eigenvalue weighted by molar-refractivity contribution is 9.11. The molecule has 6 nitrogen and oxygen atoms in total. The molecule has 1 amide bonds. The number of nitrogens with one attached hydrogen (secondary N) is 1. The molecule has 1 aliphatic rings. The second kappa shape index (κ2) is 6.86. The molecule has 2 aromatic rings. The second-order valence-electron chi connectivity index (χ2n) is 6.57. The molecule has 0 fully saturated rings. The molecule has 1 aromatic heterocycles. The lowest BCUT2D eigenvalue weighted by Crippen LogP contribution is -2.42. The Bertz CT molecular complexity index is 953. The molecule has 3 rings (SSSR count). The summed E-state index contributed by atoms with van der Waals surface area (Å²) in [5.74, 6) is 0.467. The molecule has 0 spiro atoms. The van der Waals surface area contributed by atoms with Gasteiger partial charge in [0.05, 0.1) is 20.6 Å². The van der Waals surface area contributed by atoms with Crippen molar-refractivity contribution in [2.75, 3.05) is 22.8 Å². The van der Waals surface area contributed by atoms with Crippen molar-refractivity contribution in [3.8, 4) is 5.75 Å². The molecule has 0 bridgehead atoms. The van der Waals surface area contributed by atoms with Crippen LogP contribution >= 0.6 is 27.3 Å². The molecule has 2 heterocycles. The van der Waals surface area contributed by atoms with Crippen molar-refractivity contribution in [1.82, 2.24) is 0 Å². The number of benzene rings is 1. The summed E-state index contributed by atoms with van der Waals surface area (Å²) >= 11 is 4.40. The van der Waals surface area contributed by atoms with Crippen LogP contribution in [0.5, 0.6) is 5.75 Å². The predicted octanol–water partition coefficient (Wildman–Crippen LogP) is 4.08. The Hall–Kier alpha value is -1.58. The lowest BCUT2D eigenvalue weighted by Gasteiger charge is -2.26. The van der Waals surface area contributed by atoms with E-state index in [0.717, 1.165) is 15.1 Å². The summed E-state index contributed by atoms with van der Waals surface area (Å²) in [5, 5.41) is 0. The van der Waals surface area contributed by atoms with E-state index in [2.05, 4.69) is 20.7 Å². The van der Waals surface area contributed by atoms with E-state index in [1.807, 2.05) is 20.8 Å². The summed E-state index contributed by atoms with van der Waals surface area (Å²) in [7, 11) is -3.68. The number of thiophene rings is 1. The van der Waals surface area contributed by atoms with Crippen LogP contribution in [-0.4, -0.2) is 27.5 Å². The lowest BCUT2D eigenvalue weighted by atomic mass is 9.93. The number of carbonyl (C=O) groups is 1. The summed E-state index contributed by atoms with van der Waals surface area (Å²) in [6, 6.07) is 8.19. The summed E-state index contributed by atoms with van der Waals surface area (Å²) in [5.41, 5.74) is 0.374. The predicted molar refractivity (Wildman–Crippen MR) is 107 cm³/mol. The normalized spacial score (nSPS) is 16.6. The Balaban J connectivity index is 1.95. The van der Waals surface area contributed by atoms with Gasteiger partial charge in [0.25, 0.3) is 10.0 Å². The summed E-state index contributed by atoms with van der Waals surface area (Å²) in [6.45, 7) is 6.30. The first-order valence-corrected chi connectivity index (χ1v) is 11.1. The van der Waals surface area contributed by atoms with Crippen molar-refractivity contribution in [2.24, 2.45) is 5.41 Å². The molecule has 26 heavy (non-hydrogen) atoms. The molecular weight excluding hydrogens is 440 g/mol. The minimum atomic E-state index is -3.68. The van der Waals surface area contributed by atoms with Crippen LogP contribution in [0.1, 0.15) is 20.8 Å². The number of halogens is 1. The Morgan fingerprint density at radius 3 is 2.65 bits per heavy atom. The van der Waals surface area contributed by atoms with Crippen LogP contribution < -0.4 is 14.4 Å². The Kier molecular flexibility index (Phi) is 5.06. The molecule has 0 saturated carbocycles. The maximum atomic E-state index is 12.7. The first kappa shape index (κ1) is 19.2. The van der Waals surface area contributed by atoms with E-state index in [9.17, 15) is 13.2 Å². The van der Waals surface area contributed by atoms with Crippen molar-refractivity contribution >= 4 is 54.6 Å². The standard InChI is InChI=1S/C17H19BrN2O4S2/c1-4-20-12-6-5-11(9-13(12)24-10-17(2,3)16(20)21)19-26(22,23)15-8-7-14(18)25-15/h5-9,19H,4,10H2,1-3H3. The Labute approximate surface area is 165 Å². The molecule has 1 N–H and O–H groups in total. The number of anilines is 2. The summed E-state index contributed by atoms with van der Waals surface area (Å²) < 4.78 is 34.3. The van der Waals surface area contributed by atoms with Gasteiger partial charge in [0.15, 0.2) is 0 Å². The van der Waals surface area contributed by atoms with Crippen molar-refractivity contribution < 1.29 is 17.9 Å². The zero-order valence-corrected chi connectivity index (χ0v) is 17.8. The van der Waals surface area contributed by atoms with E-state index < -0.39 is 15.4 Å². The second-order valence-corrected chi connectivity index (χ2v) is 10.9. The van der Waals surface area contributed by atoms with Gasteiger partial charge in [0, 0.05) is 12.6 Å². The van der Waals surface area contributed by atoms with Gasteiger partial charge in [-0.25, -0.2) is 8.42 Å².